The molecule has 5 atom stereocenters. The van der Waals surface area contributed by atoms with E-state index in [0.717, 1.165) is 12.0 Å². The van der Waals surface area contributed by atoms with Crippen molar-refractivity contribution in [2.45, 2.75) is 78.0 Å². The molecule has 0 saturated carbocycles. The SMILES string of the molecule is CCC(C)C(N)C(=O)NC(CC(C)C)C(=O)NC(Cc1ccccc1)C(=O)NC(C)C(=O)O. The van der Waals surface area contributed by atoms with Crippen LogP contribution >= 0.6 is 0 Å². The van der Waals surface area contributed by atoms with E-state index >= 15 is 0 Å². The van der Waals surface area contributed by atoms with Gasteiger partial charge in [-0.15, -0.1) is 0 Å². The lowest BCUT2D eigenvalue weighted by Crippen LogP contribution is -2.58. The van der Waals surface area contributed by atoms with Crippen molar-refractivity contribution in [3.05, 3.63) is 35.9 Å². The number of hydrogen-bond donors (Lipinski definition) is 5. The lowest BCUT2D eigenvalue weighted by atomic mass is 9.97. The summed E-state index contributed by atoms with van der Waals surface area (Å²) in [5.74, 6) is -2.71. The molecular formula is C24H38N4O5. The van der Waals surface area contributed by atoms with Gasteiger partial charge in [0.1, 0.15) is 18.1 Å². The maximum absolute atomic E-state index is 13.1. The molecule has 184 valence electrons. The van der Waals surface area contributed by atoms with Crippen LogP contribution in [0.4, 0.5) is 0 Å². The third-order valence-electron chi connectivity index (χ3n) is 5.54. The van der Waals surface area contributed by atoms with Crippen molar-refractivity contribution >= 4 is 23.7 Å². The second kappa shape index (κ2) is 13.6. The first kappa shape index (κ1) is 28.1. The molecule has 0 heterocycles. The van der Waals surface area contributed by atoms with Crippen molar-refractivity contribution in [2.24, 2.45) is 17.6 Å². The van der Waals surface area contributed by atoms with Gasteiger partial charge in [0.15, 0.2) is 0 Å². The summed E-state index contributed by atoms with van der Waals surface area (Å²) >= 11 is 0. The molecule has 9 nitrogen and oxygen atoms in total. The number of nitrogens with two attached hydrogens (primary N) is 1. The zero-order valence-electron chi connectivity index (χ0n) is 20.1. The molecule has 1 aromatic rings. The smallest absolute Gasteiger partial charge is 0.325 e. The molecule has 6 N–H and O–H groups in total. The van der Waals surface area contributed by atoms with Gasteiger partial charge in [0, 0.05) is 6.42 Å². The summed E-state index contributed by atoms with van der Waals surface area (Å²) in [5, 5.41) is 17.0. The molecule has 33 heavy (non-hydrogen) atoms. The van der Waals surface area contributed by atoms with Crippen LogP contribution in [0.1, 0.15) is 53.0 Å². The van der Waals surface area contributed by atoms with Crippen LogP contribution in [0, 0.1) is 11.8 Å². The minimum Gasteiger partial charge on any atom is -0.480 e. The predicted octanol–water partition coefficient (Wildman–Crippen LogP) is 1.21. The fourth-order valence-corrected chi connectivity index (χ4v) is 3.19. The maximum atomic E-state index is 13.1. The largest absolute Gasteiger partial charge is 0.480 e. The van der Waals surface area contributed by atoms with Crippen molar-refractivity contribution in [3.8, 4) is 0 Å². The van der Waals surface area contributed by atoms with Crippen LogP contribution in [-0.2, 0) is 25.6 Å². The fourth-order valence-electron chi connectivity index (χ4n) is 3.19. The van der Waals surface area contributed by atoms with Gasteiger partial charge in [0.25, 0.3) is 0 Å². The highest BCUT2D eigenvalue weighted by Gasteiger charge is 2.30. The zero-order valence-corrected chi connectivity index (χ0v) is 20.1. The molecule has 0 aliphatic heterocycles. The number of rotatable bonds is 13. The highest BCUT2D eigenvalue weighted by molar-refractivity contribution is 5.94. The number of carboxylic acid groups (broad SMARTS) is 1. The summed E-state index contributed by atoms with van der Waals surface area (Å²) in [5.41, 5.74) is 6.82. The van der Waals surface area contributed by atoms with Gasteiger partial charge in [-0.3, -0.25) is 19.2 Å². The highest BCUT2D eigenvalue weighted by Crippen LogP contribution is 2.10. The molecule has 0 fully saturated rings. The minimum atomic E-state index is -1.18. The van der Waals surface area contributed by atoms with E-state index in [9.17, 15) is 19.2 Å². The van der Waals surface area contributed by atoms with E-state index in [0.29, 0.717) is 6.42 Å². The number of benzene rings is 1. The molecule has 0 aliphatic carbocycles. The molecule has 9 heteroatoms. The van der Waals surface area contributed by atoms with Crippen LogP contribution in [0.2, 0.25) is 0 Å². The van der Waals surface area contributed by atoms with E-state index in [1.54, 1.807) is 0 Å². The molecule has 0 aromatic heterocycles. The zero-order chi connectivity index (χ0) is 25.1. The number of carbonyl (C=O) groups is 4. The van der Waals surface area contributed by atoms with Gasteiger partial charge in [-0.1, -0.05) is 64.4 Å². The van der Waals surface area contributed by atoms with E-state index in [4.69, 9.17) is 10.8 Å². The molecule has 0 saturated heterocycles. The second-order valence-corrected chi connectivity index (χ2v) is 8.92. The number of carbonyl (C=O) groups excluding carboxylic acids is 3. The summed E-state index contributed by atoms with van der Waals surface area (Å²) in [4.78, 5) is 49.7. The first-order valence-corrected chi connectivity index (χ1v) is 11.4. The predicted molar refractivity (Wildman–Crippen MR) is 126 cm³/mol. The monoisotopic (exact) mass is 462 g/mol. The van der Waals surface area contributed by atoms with Crippen LogP contribution in [0.15, 0.2) is 30.3 Å². The Morgan fingerprint density at radius 1 is 0.879 bits per heavy atom. The third kappa shape index (κ3) is 9.61. The molecule has 0 spiro atoms. The second-order valence-electron chi connectivity index (χ2n) is 8.92. The topological polar surface area (TPSA) is 151 Å². The Morgan fingerprint density at radius 3 is 1.94 bits per heavy atom. The Morgan fingerprint density at radius 2 is 1.42 bits per heavy atom. The van der Waals surface area contributed by atoms with Crippen molar-refractivity contribution in [3.63, 3.8) is 0 Å². The van der Waals surface area contributed by atoms with Crippen molar-refractivity contribution in [2.75, 3.05) is 0 Å². The number of aliphatic carboxylic acids is 1. The molecule has 0 aliphatic rings. The third-order valence-corrected chi connectivity index (χ3v) is 5.54. The van der Waals surface area contributed by atoms with Gasteiger partial charge in [0.05, 0.1) is 6.04 Å². The standard InChI is InChI=1S/C24H38N4O5/c1-6-15(4)20(25)23(31)28-18(12-14(2)3)22(30)27-19(13-17-10-8-7-9-11-17)21(29)26-16(5)24(32)33/h7-11,14-16,18-20H,6,12-13,25H2,1-5H3,(H,26,29)(H,27,30)(H,28,31)(H,32,33). The highest BCUT2D eigenvalue weighted by atomic mass is 16.4. The van der Waals surface area contributed by atoms with Crippen LogP contribution in [-0.4, -0.2) is 53.0 Å². The summed E-state index contributed by atoms with van der Waals surface area (Å²) in [6.07, 6.45) is 1.24. The molecule has 1 aromatic carbocycles. The summed E-state index contributed by atoms with van der Waals surface area (Å²) in [6.45, 7) is 8.99. The average Bonchev–Trinajstić information content (AvgIpc) is 2.77. The minimum absolute atomic E-state index is 0.0538. The van der Waals surface area contributed by atoms with Crippen LogP contribution in [0.5, 0.6) is 0 Å². The van der Waals surface area contributed by atoms with Crippen LogP contribution in [0.25, 0.3) is 0 Å². The first-order chi connectivity index (χ1) is 15.5. The van der Waals surface area contributed by atoms with Crippen molar-refractivity contribution in [1.29, 1.82) is 0 Å². The molecule has 5 unspecified atom stereocenters. The summed E-state index contributed by atoms with van der Waals surface area (Å²) in [6, 6.07) is 5.31. The normalized spacial score (nSPS) is 15.6. The van der Waals surface area contributed by atoms with E-state index in [1.807, 2.05) is 58.0 Å². The number of carboxylic acids is 1. The Bertz CT molecular complexity index is 799. The lowest BCUT2D eigenvalue weighted by molar-refractivity contribution is -0.141. The van der Waals surface area contributed by atoms with Crippen molar-refractivity contribution in [1.82, 2.24) is 16.0 Å². The van der Waals surface area contributed by atoms with Gasteiger partial charge in [0.2, 0.25) is 17.7 Å². The van der Waals surface area contributed by atoms with E-state index in [1.165, 1.54) is 6.92 Å². The maximum Gasteiger partial charge on any atom is 0.325 e. The summed E-state index contributed by atoms with van der Waals surface area (Å²) < 4.78 is 0. The quantitative estimate of drug-likeness (QED) is 0.297. The Balaban J connectivity index is 3.05. The van der Waals surface area contributed by atoms with Gasteiger partial charge in [-0.2, -0.15) is 0 Å². The van der Waals surface area contributed by atoms with Crippen LogP contribution in [0.3, 0.4) is 0 Å². The fraction of sp³-hybridized carbons (Fsp3) is 0.583. The van der Waals surface area contributed by atoms with Crippen LogP contribution < -0.4 is 21.7 Å². The average molecular weight is 463 g/mol. The van der Waals surface area contributed by atoms with Gasteiger partial charge >= 0.3 is 5.97 Å². The first-order valence-electron chi connectivity index (χ1n) is 11.4. The molecule has 0 bridgehead atoms. The van der Waals surface area contributed by atoms with E-state index < -0.39 is 47.9 Å². The molecule has 0 radical (unpaired) electrons. The Kier molecular flexibility index (Phi) is 11.6. The van der Waals surface area contributed by atoms with E-state index in [-0.39, 0.29) is 18.3 Å². The number of nitrogens with one attached hydrogen (secondary N) is 3. The van der Waals surface area contributed by atoms with Gasteiger partial charge in [-0.25, -0.2) is 0 Å². The molecular weight excluding hydrogens is 424 g/mol. The molecule has 3 amide bonds. The Hall–Kier alpha value is -2.94. The number of amides is 3. The lowest BCUT2D eigenvalue weighted by Gasteiger charge is -2.26. The number of hydrogen-bond acceptors (Lipinski definition) is 5. The Labute approximate surface area is 195 Å². The van der Waals surface area contributed by atoms with Gasteiger partial charge in [-0.05, 0) is 30.7 Å². The molecule has 1 rings (SSSR count). The van der Waals surface area contributed by atoms with Gasteiger partial charge < -0.3 is 26.8 Å². The van der Waals surface area contributed by atoms with Crippen molar-refractivity contribution < 1.29 is 24.3 Å². The van der Waals surface area contributed by atoms with E-state index in [2.05, 4.69) is 16.0 Å². The summed E-state index contributed by atoms with van der Waals surface area (Å²) in [7, 11) is 0.